The molecule has 0 aliphatic rings. The molecular formula is C22H16N6O5. The van der Waals surface area contributed by atoms with Crippen molar-refractivity contribution < 1.29 is 19.6 Å². The lowest BCUT2D eigenvalue weighted by Crippen LogP contribution is -2.07. The maximum atomic E-state index is 11.2. The molecule has 11 heteroatoms. The highest BCUT2D eigenvalue weighted by molar-refractivity contribution is 5.92. The Hall–Kier alpha value is -5.11. The molecule has 4 rings (SSSR count). The third-order valence-electron chi connectivity index (χ3n) is 4.83. The second-order valence-corrected chi connectivity index (χ2v) is 6.91. The van der Waals surface area contributed by atoms with E-state index in [1.165, 1.54) is 29.0 Å². The summed E-state index contributed by atoms with van der Waals surface area (Å²) in [5, 5.41) is 39.4. The molecule has 2 aromatic carbocycles. The molecule has 1 amide bonds. The van der Waals surface area contributed by atoms with E-state index in [9.17, 15) is 20.2 Å². The number of hydrogen-bond acceptors (Lipinski definition) is 7. The van der Waals surface area contributed by atoms with Gasteiger partial charge in [-0.15, -0.1) is 0 Å². The van der Waals surface area contributed by atoms with Crippen molar-refractivity contribution in [2.45, 2.75) is 6.92 Å². The van der Waals surface area contributed by atoms with Crippen LogP contribution < -0.4 is 15.4 Å². The molecule has 11 nitrogen and oxygen atoms in total. The fourth-order valence-electron chi connectivity index (χ4n) is 3.31. The Balaban J connectivity index is 1.65. The monoisotopic (exact) mass is 444 g/mol. The Kier molecular flexibility index (Phi) is 5.48. The van der Waals surface area contributed by atoms with Crippen LogP contribution in [0.4, 0.5) is 27.5 Å². The smallest absolute Gasteiger partial charge is 0.409 e. The first-order valence-corrected chi connectivity index (χ1v) is 9.56. The molecule has 0 saturated carbocycles. The topological polar surface area (TPSA) is 155 Å². The minimum atomic E-state index is -1.21. The Morgan fingerprint density at radius 3 is 2.64 bits per heavy atom. The Morgan fingerprint density at radius 2 is 1.97 bits per heavy atom. The molecule has 0 aliphatic carbocycles. The van der Waals surface area contributed by atoms with E-state index in [0.717, 1.165) is 0 Å². The normalized spacial score (nSPS) is 10.4. The molecule has 3 N–H and O–H groups in total. The standard InChI is InChI=1S/C22H16N6O5/c1-13-17(26-22(29)30)12-27-21(13)20(14(10-23)11-24-27)25-15-6-8-16(9-7-15)33-19-5-3-2-4-18(19)28(31)32/h2-9,11-12,25-26H,1H3,(H,29,30). The zero-order valence-electron chi connectivity index (χ0n) is 17.1. The van der Waals surface area contributed by atoms with Crippen molar-refractivity contribution in [3.05, 3.63) is 82.2 Å². The lowest BCUT2D eigenvalue weighted by Gasteiger charge is -2.12. The highest BCUT2D eigenvalue weighted by atomic mass is 16.6. The number of nitrogens with one attached hydrogen (secondary N) is 2. The molecule has 0 spiro atoms. The quantitative estimate of drug-likeness (QED) is 0.276. The van der Waals surface area contributed by atoms with Crippen LogP contribution in [0.1, 0.15) is 11.1 Å². The highest BCUT2D eigenvalue weighted by Gasteiger charge is 2.18. The molecule has 33 heavy (non-hydrogen) atoms. The van der Waals surface area contributed by atoms with E-state index in [2.05, 4.69) is 21.8 Å². The van der Waals surface area contributed by atoms with Gasteiger partial charge in [0.15, 0.2) is 0 Å². The molecule has 0 bridgehead atoms. The van der Waals surface area contributed by atoms with Crippen molar-refractivity contribution in [2.75, 3.05) is 10.6 Å². The predicted octanol–water partition coefficient (Wildman–Crippen LogP) is 5.05. The fourth-order valence-corrected chi connectivity index (χ4v) is 3.31. The predicted molar refractivity (Wildman–Crippen MR) is 119 cm³/mol. The molecule has 164 valence electrons. The van der Waals surface area contributed by atoms with Crippen LogP contribution in [0.15, 0.2) is 60.9 Å². The number of carboxylic acid groups (broad SMARTS) is 1. The first-order valence-electron chi connectivity index (χ1n) is 9.56. The third-order valence-corrected chi connectivity index (χ3v) is 4.83. The van der Waals surface area contributed by atoms with Crippen molar-refractivity contribution >= 4 is 34.4 Å². The zero-order chi connectivity index (χ0) is 23.5. The summed E-state index contributed by atoms with van der Waals surface area (Å²) in [6.45, 7) is 1.72. The summed E-state index contributed by atoms with van der Waals surface area (Å²) in [5.41, 5.74) is 2.68. The molecule has 4 aromatic rings. The van der Waals surface area contributed by atoms with Gasteiger partial charge in [-0.25, -0.2) is 9.31 Å². The SMILES string of the molecule is Cc1c(NC(=O)O)cn2ncc(C#N)c(Nc3ccc(Oc4ccccc4[N+](=O)[O-])cc3)c12. The maximum absolute atomic E-state index is 11.2. The van der Waals surface area contributed by atoms with Gasteiger partial charge in [0.1, 0.15) is 11.8 Å². The maximum Gasteiger partial charge on any atom is 0.409 e. The second kappa shape index (κ2) is 8.56. The van der Waals surface area contributed by atoms with Gasteiger partial charge < -0.3 is 15.2 Å². The summed E-state index contributed by atoms with van der Waals surface area (Å²) in [7, 11) is 0. The molecule has 0 aliphatic heterocycles. The van der Waals surface area contributed by atoms with E-state index in [-0.39, 0.29) is 17.0 Å². The van der Waals surface area contributed by atoms with E-state index < -0.39 is 11.0 Å². The Labute approximate surface area is 186 Å². The van der Waals surface area contributed by atoms with Gasteiger partial charge in [0.25, 0.3) is 0 Å². The largest absolute Gasteiger partial charge is 0.465 e. The molecule has 0 unspecified atom stereocenters. The van der Waals surface area contributed by atoms with Gasteiger partial charge in [0.05, 0.1) is 39.8 Å². The van der Waals surface area contributed by atoms with Crippen LogP contribution in [0.5, 0.6) is 11.5 Å². The van der Waals surface area contributed by atoms with E-state index in [0.29, 0.717) is 33.9 Å². The number of aromatic nitrogens is 2. The van der Waals surface area contributed by atoms with Crippen molar-refractivity contribution in [2.24, 2.45) is 0 Å². The third kappa shape index (κ3) is 4.21. The number of hydrogen-bond donors (Lipinski definition) is 3. The van der Waals surface area contributed by atoms with E-state index in [1.54, 1.807) is 43.3 Å². The number of nitro benzene ring substituents is 1. The van der Waals surface area contributed by atoms with Crippen LogP contribution in [0.25, 0.3) is 5.52 Å². The van der Waals surface area contributed by atoms with Gasteiger partial charge in [0.2, 0.25) is 5.75 Å². The first-order chi connectivity index (χ1) is 15.9. The van der Waals surface area contributed by atoms with Crippen LogP contribution in [-0.4, -0.2) is 25.7 Å². The molecule has 0 atom stereocenters. The number of nitro groups is 1. The van der Waals surface area contributed by atoms with Gasteiger partial charge in [-0.2, -0.15) is 10.4 Å². The molecule has 2 heterocycles. The van der Waals surface area contributed by atoms with E-state index in [1.807, 2.05) is 0 Å². The number of benzene rings is 2. The van der Waals surface area contributed by atoms with Gasteiger partial charge >= 0.3 is 11.8 Å². The number of rotatable bonds is 6. The number of ether oxygens (including phenoxy) is 1. The minimum absolute atomic E-state index is 0.119. The first kappa shape index (κ1) is 21.1. The number of anilines is 3. The van der Waals surface area contributed by atoms with Crippen molar-refractivity contribution in [1.29, 1.82) is 5.26 Å². The average molecular weight is 444 g/mol. The Morgan fingerprint density at radius 1 is 1.24 bits per heavy atom. The molecule has 0 fully saturated rings. The van der Waals surface area contributed by atoms with E-state index in [4.69, 9.17) is 9.84 Å². The number of nitriles is 1. The van der Waals surface area contributed by atoms with Gasteiger partial charge in [-0.05, 0) is 37.3 Å². The second-order valence-electron chi connectivity index (χ2n) is 6.91. The summed E-state index contributed by atoms with van der Waals surface area (Å²) in [5.74, 6) is 0.509. The molecule has 2 aromatic heterocycles. The number of carbonyl (C=O) groups is 1. The lowest BCUT2D eigenvalue weighted by molar-refractivity contribution is -0.385. The van der Waals surface area contributed by atoms with E-state index >= 15 is 0 Å². The van der Waals surface area contributed by atoms with Crippen molar-refractivity contribution in [1.82, 2.24) is 9.61 Å². The summed E-state index contributed by atoms with van der Waals surface area (Å²) < 4.78 is 7.13. The highest BCUT2D eigenvalue weighted by Crippen LogP contribution is 2.34. The Bertz CT molecular complexity index is 1420. The van der Waals surface area contributed by atoms with Crippen LogP contribution >= 0.6 is 0 Å². The fraction of sp³-hybridized carbons (Fsp3) is 0.0455. The van der Waals surface area contributed by atoms with Gasteiger partial charge in [-0.3, -0.25) is 15.4 Å². The van der Waals surface area contributed by atoms with Crippen LogP contribution in [0, 0.1) is 28.4 Å². The summed E-state index contributed by atoms with van der Waals surface area (Å²) >= 11 is 0. The zero-order valence-corrected chi connectivity index (χ0v) is 17.1. The number of amides is 1. The van der Waals surface area contributed by atoms with Crippen molar-refractivity contribution in [3.63, 3.8) is 0 Å². The molecular weight excluding hydrogens is 428 g/mol. The number of aryl methyl sites for hydroxylation is 1. The van der Waals surface area contributed by atoms with Gasteiger partial charge in [-0.1, -0.05) is 12.1 Å². The van der Waals surface area contributed by atoms with Crippen LogP contribution in [0.3, 0.4) is 0 Å². The number of para-hydroxylation sites is 2. The van der Waals surface area contributed by atoms with Crippen LogP contribution in [0.2, 0.25) is 0 Å². The summed E-state index contributed by atoms with van der Waals surface area (Å²) in [6.07, 6.45) is 1.69. The molecule has 0 radical (unpaired) electrons. The van der Waals surface area contributed by atoms with Crippen molar-refractivity contribution in [3.8, 4) is 17.6 Å². The lowest BCUT2D eigenvalue weighted by atomic mass is 10.1. The number of fused-ring (bicyclic) bond motifs is 1. The number of nitrogens with zero attached hydrogens (tertiary/aromatic N) is 4. The van der Waals surface area contributed by atoms with Gasteiger partial charge in [0, 0.05) is 17.3 Å². The summed E-state index contributed by atoms with van der Waals surface area (Å²) in [6, 6.07) is 14.8. The summed E-state index contributed by atoms with van der Waals surface area (Å²) in [4.78, 5) is 21.7. The molecule has 0 saturated heterocycles. The average Bonchev–Trinajstić information content (AvgIpc) is 3.10. The van der Waals surface area contributed by atoms with Crippen LogP contribution in [-0.2, 0) is 0 Å². The minimum Gasteiger partial charge on any atom is -0.465 e.